The van der Waals surface area contributed by atoms with Crippen molar-refractivity contribution in [3.05, 3.63) is 52.7 Å². The summed E-state index contributed by atoms with van der Waals surface area (Å²) in [5, 5.41) is 1.42. The minimum Gasteiger partial charge on any atom is -0.384 e. The van der Waals surface area contributed by atoms with E-state index in [0.29, 0.717) is 17.0 Å². The van der Waals surface area contributed by atoms with Crippen LogP contribution in [0.2, 0.25) is 5.02 Å². The van der Waals surface area contributed by atoms with E-state index in [1.54, 1.807) is 30.6 Å². The van der Waals surface area contributed by atoms with Gasteiger partial charge in [-0.2, -0.15) is 4.39 Å². The zero-order valence-electron chi connectivity index (χ0n) is 9.82. The Hall–Kier alpha value is -2.14. The summed E-state index contributed by atoms with van der Waals surface area (Å²) in [6, 6.07) is 5.02. The lowest BCUT2D eigenvalue weighted by Gasteiger charge is -2.02. The third kappa shape index (κ3) is 2.24. The number of aromatic amines is 1. The van der Waals surface area contributed by atoms with Crippen molar-refractivity contribution in [2.75, 3.05) is 5.73 Å². The monoisotopic (exact) mass is 276 g/mol. The van der Waals surface area contributed by atoms with Crippen LogP contribution in [0.4, 0.5) is 10.2 Å². The highest BCUT2D eigenvalue weighted by Gasteiger charge is 2.10. The van der Waals surface area contributed by atoms with Gasteiger partial charge in [-0.05, 0) is 17.7 Å². The van der Waals surface area contributed by atoms with Crippen LogP contribution in [0.3, 0.4) is 0 Å². The minimum absolute atomic E-state index is 0.171. The molecule has 6 heteroatoms. The molecule has 0 amide bonds. The summed E-state index contributed by atoms with van der Waals surface area (Å²) in [6.07, 6.45) is 3.76. The molecule has 0 unspecified atom stereocenters. The molecule has 19 heavy (non-hydrogen) atoms. The Morgan fingerprint density at radius 2 is 2.16 bits per heavy atom. The van der Waals surface area contributed by atoms with Crippen LogP contribution in [0.15, 0.2) is 30.6 Å². The number of fused-ring (bicyclic) bond motifs is 1. The van der Waals surface area contributed by atoms with E-state index in [2.05, 4.69) is 15.0 Å². The summed E-state index contributed by atoms with van der Waals surface area (Å²) >= 11 is 5.92. The summed E-state index contributed by atoms with van der Waals surface area (Å²) in [5.41, 5.74) is 7.55. The number of nitrogen functional groups attached to an aromatic ring is 1. The minimum atomic E-state index is -0.552. The molecule has 3 heterocycles. The summed E-state index contributed by atoms with van der Waals surface area (Å²) in [6.45, 7) is 0. The maximum Gasteiger partial charge on any atom is 0.218 e. The number of rotatable bonds is 2. The lowest BCUT2D eigenvalue weighted by atomic mass is 10.1. The molecule has 3 aromatic heterocycles. The summed E-state index contributed by atoms with van der Waals surface area (Å²) < 4.78 is 13.7. The van der Waals surface area contributed by atoms with E-state index in [1.165, 1.54) is 0 Å². The van der Waals surface area contributed by atoms with Crippen molar-refractivity contribution >= 4 is 28.5 Å². The standard InChI is InChI=1S/C13H10ClFN4/c14-9-4-10-8(5-17-13(10)18-6-9)3-7-1-2-11(16)19-12(7)15/h1-2,4-6H,3H2,(H2,16,19)(H,17,18). The van der Waals surface area contributed by atoms with Crippen molar-refractivity contribution in [1.29, 1.82) is 0 Å². The van der Waals surface area contributed by atoms with Crippen LogP contribution in [0, 0.1) is 5.95 Å². The second-order valence-electron chi connectivity index (χ2n) is 4.23. The van der Waals surface area contributed by atoms with Gasteiger partial charge in [0.05, 0.1) is 5.02 Å². The zero-order chi connectivity index (χ0) is 13.4. The van der Waals surface area contributed by atoms with Gasteiger partial charge in [-0.15, -0.1) is 0 Å². The van der Waals surface area contributed by atoms with Gasteiger partial charge in [0, 0.05) is 29.8 Å². The maximum atomic E-state index is 13.7. The second kappa shape index (κ2) is 4.51. The molecule has 0 aliphatic heterocycles. The molecule has 0 aliphatic rings. The quantitative estimate of drug-likeness (QED) is 0.707. The van der Waals surface area contributed by atoms with Crippen molar-refractivity contribution in [3.8, 4) is 0 Å². The predicted molar refractivity (Wildman–Crippen MR) is 72.5 cm³/mol. The first-order valence-corrected chi connectivity index (χ1v) is 6.03. The zero-order valence-corrected chi connectivity index (χ0v) is 10.6. The van der Waals surface area contributed by atoms with Crippen molar-refractivity contribution in [2.45, 2.75) is 6.42 Å². The van der Waals surface area contributed by atoms with Gasteiger partial charge in [-0.3, -0.25) is 0 Å². The normalized spacial score (nSPS) is 11.1. The first kappa shape index (κ1) is 11.9. The highest BCUT2D eigenvalue weighted by Crippen LogP contribution is 2.23. The topological polar surface area (TPSA) is 67.6 Å². The van der Waals surface area contributed by atoms with Gasteiger partial charge in [0.25, 0.3) is 0 Å². The molecule has 0 atom stereocenters. The van der Waals surface area contributed by atoms with Crippen LogP contribution >= 0.6 is 11.6 Å². The van der Waals surface area contributed by atoms with Gasteiger partial charge in [0.1, 0.15) is 11.5 Å². The SMILES string of the molecule is Nc1ccc(Cc2c[nH]c3ncc(Cl)cc23)c(F)n1. The Morgan fingerprint density at radius 1 is 1.32 bits per heavy atom. The number of nitrogens with one attached hydrogen (secondary N) is 1. The Morgan fingerprint density at radius 3 is 2.95 bits per heavy atom. The van der Waals surface area contributed by atoms with E-state index in [1.807, 2.05) is 0 Å². The van der Waals surface area contributed by atoms with Gasteiger partial charge in [0.15, 0.2) is 0 Å². The first-order chi connectivity index (χ1) is 9.13. The number of aromatic nitrogens is 3. The molecule has 0 bridgehead atoms. The Bertz CT molecular complexity index is 753. The van der Waals surface area contributed by atoms with E-state index >= 15 is 0 Å². The number of anilines is 1. The van der Waals surface area contributed by atoms with Crippen LogP contribution < -0.4 is 5.73 Å². The molecule has 3 N–H and O–H groups in total. The second-order valence-corrected chi connectivity index (χ2v) is 4.66. The van der Waals surface area contributed by atoms with Crippen LogP contribution in [0.5, 0.6) is 0 Å². The molecule has 0 aliphatic carbocycles. The number of hydrogen-bond acceptors (Lipinski definition) is 3. The van der Waals surface area contributed by atoms with E-state index in [4.69, 9.17) is 17.3 Å². The highest BCUT2D eigenvalue weighted by atomic mass is 35.5. The van der Waals surface area contributed by atoms with Crippen LogP contribution in [-0.4, -0.2) is 15.0 Å². The fourth-order valence-corrected chi connectivity index (χ4v) is 2.15. The molecule has 96 valence electrons. The summed E-state index contributed by atoms with van der Waals surface area (Å²) in [5.74, 6) is -0.380. The Balaban J connectivity index is 2.03. The number of hydrogen-bond donors (Lipinski definition) is 2. The molecule has 0 saturated carbocycles. The first-order valence-electron chi connectivity index (χ1n) is 5.66. The van der Waals surface area contributed by atoms with Crippen LogP contribution in [0.25, 0.3) is 11.0 Å². The van der Waals surface area contributed by atoms with Gasteiger partial charge >= 0.3 is 0 Å². The molecule has 0 radical (unpaired) electrons. The molecule has 0 saturated heterocycles. The molecular formula is C13H10ClFN4. The summed E-state index contributed by atoms with van der Waals surface area (Å²) in [4.78, 5) is 10.8. The number of H-pyrrole nitrogens is 1. The Kier molecular flexibility index (Phi) is 2.83. The van der Waals surface area contributed by atoms with E-state index in [9.17, 15) is 4.39 Å². The predicted octanol–water partition coefficient (Wildman–Crippen LogP) is 2.92. The van der Waals surface area contributed by atoms with Gasteiger partial charge in [-0.25, -0.2) is 9.97 Å². The number of halogens is 2. The number of nitrogens with two attached hydrogens (primary N) is 1. The lowest BCUT2D eigenvalue weighted by molar-refractivity contribution is 0.572. The smallest absolute Gasteiger partial charge is 0.218 e. The average Bonchev–Trinajstić information content (AvgIpc) is 2.75. The molecule has 3 rings (SSSR count). The molecule has 0 aromatic carbocycles. The van der Waals surface area contributed by atoms with Gasteiger partial charge in [0.2, 0.25) is 5.95 Å². The summed E-state index contributed by atoms with van der Waals surface area (Å²) in [7, 11) is 0. The van der Waals surface area contributed by atoms with Crippen molar-refractivity contribution in [2.24, 2.45) is 0 Å². The van der Waals surface area contributed by atoms with Crippen LogP contribution in [-0.2, 0) is 6.42 Å². The van der Waals surface area contributed by atoms with E-state index in [0.717, 1.165) is 16.6 Å². The Labute approximate surface area is 113 Å². The third-order valence-corrected chi connectivity index (χ3v) is 3.12. The molecule has 0 spiro atoms. The molecule has 3 aromatic rings. The number of pyridine rings is 2. The van der Waals surface area contributed by atoms with E-state index in [-0.39, 0.29) is 5.82 Å². The highest BCUT2D eigenvalue weighted by molar-refractivity contribution is 6.31. The van der Waals surface area contributed by atoms with Crippen molar-refractivity contribution < 1.29 is 4.39 Å². The fourth-order valence-electron chi connectivity index (χ4n) is 1.99. The van der Waals surface area contributed by atoms with Gasteiger partial charge in [-0.1, -0.05) is 17.7 Å². The lowest BCUT2D eigenvalue weighted by Crippen LogP contribution is -1.98. The van der Waals surface area contributed by atoms with Gasteiger partial charge < -0.3 is 10.7 Å². The average molecular weight is 277 g/mol. The van der Waals surface area contributed by atoms with E-state index < -0.39 is 5.95 Å². The molecule has 4 nitrogen and oxygen atoms in total. The van der Waals surface area contributed by atoms with Crippen molar-refractivity contribution in [3.63, 3.8) is 0 Å². The largest absolute Gasteiger partial charge is 0.384 e. The fraction of sp³-hybridized carbons (Fsp3) is 0.0769. The molecule has 0 fully saturated rings. The van der Waals surface area contributed by atoms with Crippen molar-refractivity contribution in [1.82, 2.24) is 15.0 Å². The third-order valence-electron chi connectivity index (χ3n) is 2.91. The number of nitrogens with zero attached hydrogens (tertiary/aromatic N) is 2. The molecular weight excluding hydrogens is 267 g/mol. The maximum absolute atomic E-state index is 13.7. The van der Waals surface area contributed by atoms with Crippen LogP contribution in [0.1, 0.15) is 11.1 Å².